The number of nitrogens with zero attached hydrogens (tertiary/aromatic N) is 1. The molecule has 1 N–H and O–H groups in total. The standard InChI is InChI=1S/C16H25NO.ClH/c1-17(2)13-12-16(10-4-3-5-11-16)14-6-8-15(18)9-7-14;/h6-9,18H,3-5,10-13H2,1-2H3;1H. The van der Waals surface area contributed by atoms with Crippen LogP contribution in [0.2, 0.25) is 0 Å². The maximum absolute atomic E-state index is 9.45. The molecule has 0 unspecified atom stereocenters. The first-order chi connectivity index (χ1) is 8.62. The van der Waals surface area contributed by atoms with Crippen molar-refractivity contribution < 1.29 is 5.11 Å². The van der Waals surface area contributed by atoms with Crippen LogP contribution in [0.3, 0.4) is 0 Å². The number of hydrogen-bond donors (Lipinski definition) is 1. The van der Waals surface area contributed by atoms with Crippen LogP contribution in [0.4, 0.5) is 0 Å². The molecular formula is C16H26ClNO. The molecule has 108 valence electrons. The number of phenolic OH excluding ortho intramolecular Hbond substituents is 1. The van der Waals surface area contributed by atoms with Gasteiger partial charge in [0.15, 0.2) is 0 Å². The largest absolute Gasteiger partial charge is 0.508 e. The Morgan fingerprint density at radius 2 is 1.63 bits per heavy atom. The summed E-state index contributed by atoms with van der Waals surface area (Å²) in [4.78, 5) is 2.27. The van der Waals surface area contributed by atoms with Crippen molar-refractivity contribution in [2.75, 3.05) is 20.6 Å². The average Bonchev–Trinajstić information content (AvgIpc) is 2.38. The average molecular weight is 284 g/mol. The van der Waals surface area contributed by atoms with Crippen LogP contribution in [0.25, 0.3) is 0 Å². The number of rotatable bonds is 4. The monoisotopic (exact) mass is 283 g/mol. The van der Waals surface area contributed by atoms with Crippen molar-refractivity contribution in [3.63, 3.8) is 0 Å². The van der Waals surface area contributed by atoms with Gasteiger partial charge in [0.2, 0.25) is 0 Å². The molecule has 1 saturated carbocycles. The Kier molecular flexibility index (Phi) is 6.15. The lowest BCUT2D eigenvalue weighted by Gasteiger charge is -2.39. The summed E-state index contributed by atoms with van der Waals surface area (Å²) in [5.74, 6) is 0.373. The third-order valence-corrected chi connectivity index (χ3v) is 4.33. The minimum atomic E-state index is 0. The molecule has 1 aromatic carbocycles. The number of aromatic hydroxyl groups is 1. The highest BCUT2D eigenvalue weighted by Crippen LogP contribution is 2.42. The Labute approximate surface area is 123 Å². The van der Waals surface area contributed by atoms with E-state index < -0.39 is 0 Å². The molecule has 0 radical (unpaired) electrons. The van der Waals surface area contributed by atoms with E-state index in [4.69, 9.17) is 0 Å². The van der Waals surface area contributed by atoms with E-state index in [9.17, 15) is 5.11 Å². The summed E-state index contributed by atoms with van der Waals surface area (Å²) in [5.41, 5.74) is 1.76. The van der Waals surface area contributed by atoms with Crippen LogP contribution in [0.15, 0.2) is 24.3 Å². The number of phenols is 1. The fourth-order valence-corrected chi connectivity index (χ4v) is 3.16. The van der Waals surface area contributed by atoms with E-state index >= 15 is 0 Å². The van der Waals surface area contributed by atoms with Crippen LogP contribution in [-0.2, 0) is 5.41 Å². The fraction of sp³-hybridized carbons (Fsp3) is 0.625. The summed E-state index contributed by atoms with van der Waals surface area (Å²) < 4.78 is 0. The van der Waals surface area contributed by atoms with Gasteiger partial charge >= 0.3 is 0 Å². The van der Waals surface area contributed by atoms with E-state index in [1.54, 1.807) is 0 Å². The maximum Gasteiger partial charge on any atom is 0.115 e. The highest BCUT2D eigenvalue weighted by atomic mass is 35.5. The molecule has 1 aliphatic rings. The Morgan fingerprint density at radius 1 is 1.05 bits per heavy atom. The molecule has 0 spiro atoms. The van der Waals surface area contributed by atoms with Gasteiger partial charge in [-0.1, -0.05) is 31.4 Å². The van der Waals surface area contributed by atoms with Crippen molar-refractivity contribution in [1.82, 2.24) is 4.90 Å². The molecule has 1 aromatic rings. The van der Waals surface area contributed by atoms with Crippen molar-refractivity contribution in [2.45, 2.75) is 43.9 Å². The first kappa shape index (κ1) is 16.3. The third-order valence-electron chi connectivity index (χ3n) is 4.33. The number of halogens is 1. The van der Waals surface area contributed by atoms with Crippen LogP contribution in [-0.4, -0.2) is 30.6 Å². The summed E-state index contributed by atoms with van der Waals surface area (Å²) in [5, 5.41) is 9.45. The Bertz CT molecular complexity index is 369. The summed E-state index contributed by atoms with van der Waals surface area (Å²) in [7, 11) is 4.29. The van der Waals surface area contributed by atoms with Gasteiger partial charge in [0.1, 0.15) is 5.75 Å². The van der Waals surface area contributed by atoms with Crippen molar-refractivity contribution >= 4 is 12.4 Å². The van der Waals surface area contributed by atoms with Crippen molar-refractivity contribution in [3.8, 4) is 5.75 Å². The highest BCUT2D eigenvalue weighted by Gasteiger charge is 2.33. The van der Waals surface area contributed by atoms with Crippen LogP contribution < -0.4 is 0 Å². The van der Waals surface area contributed by atoms with E-state index in [0.29, 0.717) is 11.2 Å². The predicted molar refractivity (Wildman–Crippen MR) is 83.3 cm³/mol. The van der Waals surface area contributed by atoms with E-state index in [1.165, 1.54) is 44.1 Å². The van der Waals surface area contributed by atoms with Crippen LogP contribution in [0.1, 0.15) is 44.1 Å². The summed E-state index contributed by atoms with van der Waals surface area (Å²) in [6, 6.07) is 7.91. The van der Waals surface area contributed by atoms with Gasteiger partial charge in [-0.15, -0.1) is 12.4 Å². The lowest BCUT2D eigenvalue weighted by atomic mass is 9.67. The van der Waals surface area contributed by atoms with Crippen LogP contribution in [0.5, 0.6) is 5.75 Å². The zero-order chi connectivity index (χ0) is 13.0. The quantitative estimate of drug-likeness (QED) is 0.904. The second kappa shape index (κ2) is 7.16. The Morgan fingerprint density at radius 3 is 2.16 bits per heavy atom. The maximum atomic E-state index is 9.45. The Hall–Kier alpha value is -0.730. The van der Waals surface area contributed by atoms with Gasteiger partial charge in [0, 0.05) is 0 Å². The van der Waals surface area contributed by atoms with Gasteiger partial charge < -0.3 is 10.0 Å². The zero-order valence-corrected chi connectivity index (χ0v) is 12.9. The summed E-state index contributed by atoms with van der Waals surface area (Å²) >= 11 is 0. The van der Waals surface area contributed by atoms with Gasteiger partial charge in [0.05, 0.1) is 0 Å². The molecule has 0 aliphatic heterocycles. The lowest BCUT2D eigenvalue weighted by molar-refractivity contribution is 0.241. The molecule has 19 heavy (non-hydrogen) atoms. The second-order valence-corrected chi connectivity index (χ2v) is 5.94. The van der Waals surface area contributed by atoms with Crippen molar-refractivity contribution in [3.05, 3.63) is 29.8 Å². The molecule has 2 rings (SSSR count). The van der Waals surface area contributed by atoms with E-state index in [2.05, 4.69) is 31.1 Å². The molecule has 2 nitrogen and oxygen atoms in total. The molecule has 0 heterocycles. The molecule has 0 saturated heterocycles. The molecule has 1 aliphatic carbocycles. The molecule has 3 heteroatoms. The highest BCUT2D eigenvalue weighted by molar-refractivity contribution is 5.85. The molecule has 1 fully saturated rings. The predicted octanol–water partition coefficient (Wildman–Crippen LogP) is 3.97. The molecule has 0 atom stereocenters. The molecule has 0 aromatic heterocycles. The number of benzene rings is 1. The van der Waals surface area contributed by atoms with Gasteiger partial charge in [0.25, 0.3) is 0 Å². The van der Waals surface area contributed by atoms with Crippen LogP contribution >= 0.6 is 12.4 Å². The summed E-state index contributed by atoms with van der Waals surface area (Å²) in [6.07, 6.45) is 7.88. The minimum absolute atomic E-state index is 0. The normalized spacial score (nSPS) is 18.1. The van der Waals surface area contributed by atoms with Crippen molar-refractivity contribution in [1.29, 1.82) is 0 Å². The Balaban J connectivity index is 0.00000180. The van der Waals surface area contributed by atoms with Crippen molar-refractivity contribution in [2.24, 2.45) is 0 Å². The minimum Gasteiger partial charge on any atom is -0.508 e. The van der Waals surface area contributed by atoms with Gasteiger partial charge in [-0.05, 0) is 63.0 Å². The van der Waals surface area contributed by atoms with E-state index in [-0.39, 0.29) is 12.4 Å². The fourth-order valence-electron chi connectivity index (χ4n) is 3.16. The second-order valence-electron chi connectivity index (χ2n) is 5.94. The van der Waals surface area contributed by atoms with Crippen LogP contribution in [0, 0.1) is 0 Å². The first-order valence-electron chi connectivity index (χ1n) is 7.07. The van der Waals surface area contributed by atoms with E-state index in [0.717, 1.165) is 6.54 Å². The first-order valence-corrected chi connectivity index (χ1v) is 7.07. The van der Waals surface area contributed by atoms with Gasteiger partial charge in [-0.25, -0.2) is 0 Å². The van der Waals surface area contributed by atoms with E-state index in [1.807, 2.05) is 12.1 Å². The molecule has 0 bridgehead atoms. The third kappa shape index (κ3) is 4.12. The molecule has 0 amide bonds. The SMILES string of the molecule is CN(C)CCC1(c2ccc(O)cc2)CCCCC1.Cl. The lowest BCUT2D eigenvalue weighted by Crippen LogP contribution is -2.32. The van der Waals surface area contributed by atoms with Gasteiger partial charge in [-0.3, -0.25) is 0 Å². The summed E-state index contributed by atoms with van der Waals surface area (Å²) in [6.45, 7) is 1.14. The molecular weight excluding hydrogens is 258 g/mol. The smallest absolute Gasteiger partial charge is 0.115 e. The number of hydrogen-bond acceptors (Lipinski definition) is 2. The zero-order valence-electron chi connectivity index (χ0n) is 12.1. The van der Waals surface area contributed by atoms with Gasteiger partial charge in [-0.2, -0.15) is 0 Å². The topological polar surface area (TPSA) is 23.5 Å².